The summed E-state index contributed by atoms with van der Waals surface area (Å²) in [6.07, 6.45) is 9.61. The van der Waals surface area contributed by atoms with E-state index in [0.717, 1.165) is 93.4 Å². The third-order valence-corrected chi connectivity index (χ3v) is 11.6. The van der Waals surface area contributed by atoms with Gasteiger partial charge in [0.25, 0.3) is 0 Å². The fourth-order valence-electron chi connectivity index (χ4n) is 10.2. The van der Waals surface area contributed by atoms with E-state index in [1.165, 1.54) is 33.6 Å². The highest BCUT2D eigenvalue weighted by atomic mass is 16.5. The van der Waals surface area contributed by atoms with Crippen LogP contribution in [0, 0.1) is 10.8 Å². The lowest BCUT2D eigenvalue weighted by atomic mass is 9.51. The highest BCUT2D eigenvalue weighted by Gasteiger charge is 2.55. The van der Waals surface area contributed by atoms with Crippen molar-refractivity contribution in [2.45, 2.75) is 58.3 Å². The second kappa shape index (κ2) is 11.9. The molecule has 5 aliphatic rings. The average molecular weight is 646 g/mol. The van der Waals surface area contributed by atoms with Crippen molar-refractivity contribution in [3.63, 3.8) is 0 Å². The van der Waals surface area contributed by atoms with Crippen LogP contribution in [0.25, 0.3) is 37.9 Å². The van der Waals surface area contributed by atoms with Crippen molar-refractivity contribution in [2.75, 3.05) is 69.0 Å². The first kappa shape index (κ1) is 31.3. The summed E-state index contributed by atoms with van der Waals surface area (Å²) in [5.41, 5.74) is 19.0. The number of hydrogen-bond donors (Lipinski definition) is 1. The summed E-state index contributed by atoms with van der Waals surface area (Å²) >= 11 is 0. The maximum atomic E-state index is 12.0. The summed E-state index contributed by atoms with van der Waals surface area (Å²) in [5.74, 6) is 0.340. The fourth-order valence-corrected chi connectivity index (χ4v) is 10.2. The molecule has 2 saturated heterocycles. The first-order chi connectivity index (χ1) is 23.2. The van der Waals surface area contributed by atoms with E-state index in [2.05, 4.69) is 95.2 Å². The summed E-state index contributed by atoms with van der Waals surface area (Å²) in [7, 11) is 0. The van der Waals surface area contributed by atoms with E-state index in [1.54, 1.807) is 0 Å². The molecule has 1 saturated carbocycles. The zero-order valence-electron chi connectivity index (χ0n) is 28.6. The predicted octanol–water partition coefficient (Wildman–Crippen LogP) is 8.77. The molecule has 48 heavy (non-hydrogen) atoms. The van der Waals surface area contributed by atoms with E-state index in [1.807, 2.05) is 0 Å². The van der Waals surface area contributed by atoms with Gasteiger partial charge in [-0.25, -0.2) is 0 Å². The molecule has 3 aromatic carbocycles. The smallest absolute Gasteiger partial charge is 0.123 e. The summed E-state index contributed by atoms with van der Waals surface area (Å²) in [6, 6.07) is 15.6. The molecule has 3 aliphatic carbocycles. The van der Waals surface area contributed by atoms with E-state index in [-0.39, 0.29) is 16.2 Å². The van der Waals surface area contributed by atoms with Gasteiger partial charge in [-0.05, 0) is 112 Å². The summed E-state index contributed by atoms with van der Waals surface area (Å²) < 4.78 is 11.4. The van der Waals surface area contributed by atoms with E-state index < -0.39 is 0 Å². The topological polar surface area (TPSA) is 93.9 Å². The number of ether oxygens (including phenoxy) is 2. The number of morpholine rings is 2. The fraction of sp³-hybridized carbons (Fsp3) is 0.500. The first-order valence-electron chi connectivity index (χ1n) is 17.7. The molecule has 1 N–H and O–H groups in total. The van der Waals surface area contributed by atoms with Crippen LogP contribution in [0.5, 0.6) is 5.75 Å². The molecule has 2 aliphatic heterocycles. The standard InChI is InChI=1S/C40H47N5O3/c1-38(2)23-39(3,26-42-43-41)25-40(24-38)33-7-5-4-6-29(33)37-32-21-35(45-14-18-48-19-15-45)30(20-31(32)36(46)22-34(37)40)27-8-10-28(11-9-27)44-12-16-47-17-13-44/h5,7-11,20-22,46H,4,6,12-19,23-26H2,1-3H3. The second-order valence-electron chi connectivity index (χ2n) is 15.8. The molecule has 0 bridgehead atoms. The molecule has 8 nitrogen and oxygen atoms in total. The lowest BCUT2D eigenvalue weighted by Gasteiger charge is -2.53. The number of fused-ring (bicyclic) bond motifs is 6. The number of rotatable bonds is 5. The van der Waals surface area contributed by atoms with Crippen molar-refractivity contribution in [3.05, 3.63) is 81.8 Å². The van der Waals surface area contributed by atoms with Crippen LogP contribution in [-0.2, 0) is 14.9 Å². The van der Waals surface area contributed by atoms with E-state index in [9.17, 15) is 10.6 Å². The maximum absolute atomic E-state index is 12.0. The number of allylic oxidation sites excluding steroid dienone is 4. The molecular weight excluding hydrogens is 598 g/mol. The van der Waals surface area contributed by atoms with Crippen molar-refractivity contribution >= 4 is 27.7 Å². The third kappa shape index (κ3) is 5.26. The Kier molecular flexibility index (Phi) is 7.74. The van der Waals surface area contributed by atoms with Crippen LogP contribution < -0.4 is 9.80 Å². The van der Waals surface area contributed by atoms with Crippen molar-refractivity contribution in [3.8, 4) is 16.9 Å². The van der Waals surface area contributed by atoms with E-state index >= 15 is 0 Å². The molecule has 2 unspecified atom stereocenters. The molecule has 0 amide bonds. The Bertz CT molecular complexity index is 1860. The Morgan fingerprint density at radius 2 is 1.58 bits per heavy atom. The normalized spacial score (nSPS) is 26.5. The van der Waals surface area contributed by atoms with Gasteiger partial charge < -0.3 is 24.4 Å². The first-order valence-corrected chi connectivity index (χ1v) is 17.7. The van der Waals surface area contributed by atoms with Gasteiger partial charge in [-0.3, -0.25) is 0 Å². The van der Waals surface area contributed by atoms with Crippen LogP contribution in [0.1, 0.15) is 64.0 Å². The number of nitrogens with zero attached hydrogens (tertiary/aromatic N) is 5. The van der Waals surface area contributed by atoms with Crippen LogP contribution in [-0.4, -0.2) is 64.3 Å². The molecule has 250 valence electrons. The van der Waals surface area contributed by atoms with Gasteiger partial charge in [-0.15, -0.1) is 0 Å². The zero-order valence-corrected chi connectivity index (χ0v) is 28.6. The van der Waals surface area contributed by atoms with Crippen molar-refractivity contribution in [1.29, 1.82) is 0 Å². The number of phenolic OH excluding ortho intramolecular Hbond substituents is 1. The van der Waals surface area contributed by atoms with Crippen LogP contribution in [0.15, 0.2) is 65.3 Å². The Labute approximate surface area is 283 Å². The SMILES string of the molecule is CC1(C)CC(C)(CN=[N+]=[N-])CC2(C1)C1=C(CCC=C1)c1c2cc(O)c2cc(-c3ccc(N4CCOCC4)cc3)c(N3CCOCC3)cc12. The van der Waals surface area contributed by atoms with Crippen molar-refractivity contribution < 1.29 is 14.6 Å². The molecule has 3 fully saturated rings. The van der Waals surface area contributed by atoms with E-state index in [4.69, 9.17) is 9.47 Å². The predicted molar refractivity (Wildman–Crippen MR) is 194 cm³/mol. The highest BCUT2D eigenvalue weighted by Crippen LogP contribution is 2.65. The van der Waals surface area contributed by atoms with Gasteiger partial charge in [0.05, 0.1) is 26.4 Å². The minimum absolute atomic E-state index is 0.0315. The van der Waals surface area contributed by atoms with Crippen LogP contribution in [0.3, 0.4) is 0 Å². The van der Waals surface area contributed by atoms with Gasteiger partial charge in [-0.2, -0.15) is 0 Å². The van der Waals surface area contributed by atoms with Gasteiger partial charge in [-0.1, -0.05) is 50.2 Å². The average Bonchev–Trinajstić information content (AvgIpc) is 3.34. The summed E-state index contributed by atoms with van der Waals surface area (Å²) in [5, 5.41) is 18.2. The van der Waals surface area contributed by atoms with Gasteiger partial charge in [0.2, 0.25) is 0 Å². The summed E-state index contributed by atoms with van der Waals surface area (Å²) in [4.78, 5) is 8.02. The van der Waals surface area contributed by atoms with Gasteiger partial charge in [0.15, 0.2) is 0 Å². The minimum atomic E-state index is -0.248. The highest BCUT2D eigenvalue weighted by molar-refractivity contribution is 6.07. The Hall–Kier alpha value is -3.97. The van der Waals surface area contributed by atoms with Gasteiger partial charge in [0.1, 0.15) is 5.75 Å². The Balaban J connectivity index is 1.32. The number of aromatic hydroxyl groups is 1. The van der Waals surface area contributed by atoms with Crippen LogP contribution in [0.4, 0.5) is 11.4 Å². The molecule has 8 heteroatoms. The van der Waals surface area contributed by atoms with Crippen molar-refractivity contribution in [2.24, 2.45) is 15.9 Å². The van der Waals surface area contributed by atoms with Gasteiger partial charge >= 0.3 is 0 Å². The van der Waals surface area contributed by atoms with Crippen LogP contribution >= 0.6 is 0 Å². The Morgan fingerprint density at radius 1 is 0.875 bits per heavy atom. The quantitative estimate of drug-likeness (QED) is 0.170. The molecule has 1 spiro atoms. The maximum Gasteiger partial charge on any atom is 0.123 e. The van der Waals surface area contributed by atoms with Crippen molar-refractivity contribution in [1.82, 2.24) is 0 Å². The number of hydrogen-bond acceptors (Lipinski definition) is 6. The number of phenols is 1. The zero-order chi connectivity index (χ0) is 33.1. The van der Waals surface area contributed by atoms with Gasteiger partial charge in [0, 0.05) is 65.4 Å². The molecule has 0 aromatic heterocycles. The Morgan fingerprint density at radius 3 is 2.29 bits per heavy atom. The second-order valence-corrected chi connectivity index (χ2v) is 15.8. The summed E-state index contributed by atoms with van der Waals surface area (Å²) in [6.45, 7) is 13.9. The molecule has 2 heterocycles. The number of azide groups is 1. The monoisotopic (exact) mass is 645 g/mol. The number of anilines is 2. The molecule has 3 aromatic rings. The van der Waals surface area contributed by atoms with Crippen LogP contribution in [0.2, 0.25) is 0 Å². The molecular formula is C40H47N5O3. The van der Waals surface area contributed by atoms with E-state index in [0.29, 0.717) is 25.5 Å². The largest absolute Gasteiger partial charge is 0.507 e. The number of benzene rings is 3. The minimum Gasteiger partial charge on any atom is -0.507 e. The lowest BCUT2D eigenvalue weighted by molar-refractivity contribution is 0.0564. The lowest BCUT2D eigenvalue weighted by Crippen LogP contribution is -2.46. The molecule has 8 rings (SSSR count). The molecule has 0 radical (unpaired) electrons. The third-order valence-electron chi connectivity index (χ3n) is 11.6. The molecule has 2 atom stereocenters.